The van der Waals surface area contributed by atoms with Gasteiger partial charge in [0.2, 0.25) is 5.91 Å². The van der Waals surface area contributed by atoms with E-state index in [4.69, 9.17) is 4.74 Å². The number of ether oxygens (including phenoxy) is 1. The molecule has 1 aliphatic heterocycles. The van der Waals surface area contributed by atoms with E-state index in [1.165, 1.54) is 0 Å². The number of benzene rings is 2. The highest BCUT2D eigenvalue weighted by atomic mass is 16.5. The van der Waals surface area contributed by atoms with E-state index in [-0.39, 0.29) is 17.7 Å². The van der Waals surface area contributed by atoms with Gasteiger partial charge in [-0.3, -0.25) is 9.59 Å². The van der Waals surface area contributed by atoms with Crippen molar-refractivity contribution < 1.29 is 14.3 Å². The number of carbonyl (C=O) groups is 2. The lowest BCUT2D eigenvalue weighted by molar-refractivity contribution is -0.134. The quantitative estimate of drug-likeness (QED) is 0.750. The monoisotopic (exact) mass is 409 g/mol. The molecule has 2 amide bonds. The molecule has 30 heavy (non-hydrogen) atoms. The Balaban J connectivity index is 1.56. The number of nitrogens with one attached hydrogen (secondary N) is 1. The minimum atomic E-state index is -0.162. The van der Waals surface area contributed by atoms with Crippen LogP contribution in [0.2, 0.25) is 0 Å². The maximum absolute atomic E-state index is 12.6. The van der Waals surface area contributed by atoms with Crippen LogP contribution in [-0.4, -0.2) is 49.5 Å². The van der Waals surface area contributed by atoms with Crippen LogP contribution in [0.25, 0.3) is 0 Å². The summed E-state index contributed by atoms with van der Waals surface area (Å²) in [5.41, 5.74) is 2.41. The number of piperazine rings is 1. The Kier molecular flexibility index (Phi) is 7.33. The summed E-state index contributed by atoms with van der Waals surface area (Å²) in [7, 11) is 0. The standard InChI is InChI=1S/C24H31N3O3/c1-4-16-30-22-7-5-6-19(17-22)23(28)25-20-8-10-21(11-9-20)26-12-14-27(15-13-26)24(29)18(2)3/h5-11,17-18H,4,12-16H2,1-3H3,(H,25,28). The van der Waals surface area contributed by atoms with E-state index in [9.17, 15) is 9.59 Å². The number of rotatable bonds is 7. The lowest BCUT2D eigenvalue weighted by atomic mass is 10.1. The summed E-state index contributed by atoms with van der Waals surface area (Å²) in [6.07, 6.45) is 0.922. The topological polar surface area (TPSA) is 61.9 Å². The van der Waals surface area contributed by atoms with Crippen molar-refractivity contribution >= 4 is 23.2 Å². The molecule has 6 heteroatoms. The van der Waals surface area contributed by atoms with Gasteiger partial charge in [0.25, 0.3) is 5.91 Å². The zero-order chi connectivity index (χ0) is 21.5. The highest BCUT2D eigenvalue weighted by Crippen LogP contribution is 2.21. The molecule has 1 N–H and O–H groups in total. The predicted molar refractivity (Wildman–Crippen MR) is 120 cm³/mol. The van der Waals surface area contributed by atoms with Gasteiger partial charge in [-0.05, 0) is 48.9 Å². The highest BCUT2D eigenvalue weighted by Gasteiger charge is 2.22. The third kappa shape index (κ3) is 5.53. The molecule has 0 atom stereocenters. The fourth-order valence-corrected chi connectivity index (χ4v) is 3.46. The molecule has 0 unspecified atom stereocenters. The van der Waals surface area contributed by atoms with Gasteiger partial charge in [-0.2, -0.15) is 0 Å². The molecule has 1 fully saturated rings. The van der Waals surface area contributed by atoms with Gasteiger partial charge in [-0.15, -0.1) is 0 Å². The molecule has 1 heterocycles. The molecule has 6 nitrogen and oxygen atoms in total. The molecule has 0 saturated carbocycles. The third-order valence-electron chi connectivity index (χ3n) is 5.14. The van der Waals surface area contributed by atoms with Gasteiger partial charge in [-0.1, -0.05) is 26.8 Å². The molecule has 0 aliphatic carbocycles. The first-order chi connectivity index (χ1) is 14.5. The molecule has 0 aromatic heterocycles. The molecule has 2 aromatic carbocycles. The number of hydrogen-bond donors (Lipinski definition) is 1. The summed E-state index contributed by atoms with van der Waals surface area (Å²) in [5, 5.41) is 2.94. The van der Waals surface area contributed by atoms with Gasteiger partial charge >= 0.3 is 0 Å². The van der Waals surface area contributed by atoms with E-state index in [0.29, 0.717) is 17.9 Å². The van der Waals surface area contributed by atoms with Crippen LogP contribution in [0.3, 0.4) is 0 Å². The Bertz CT molecular complexity index is 856. The van der Waals surface area contributed by atoms with Crippen LogP contribution in [0.5, 0.6) is 5.75 Å². The molecule has 2 aromatic rings. The Hall–Kier alpha value is -3.02. The molecule has 3 rings (SSSR count). The number of amides is 2. The van der Waals surface area contributed by atoms with Crippen molar-refractivity contribution in [2.45, 2.75) is 27.2 Å². The van der Waals surface area contributed by atoms with E-state index in [2.05, 4.69) is 10.2 Å². The third-order valence-corrected chi connectivity index (χ3v) is 5.14. The van der Waals surface area contributed by atoms with Crippen molar-refractivity contribution in [3.05, 3.63) is 54.1 Å². The zero-order valence-electron chi connectivity index (χ0n) is 18.1. The second kappa shape index (κ2) is 10.1. The molecule has 0 bridgehead atoms. The summed E-state index contributed by atoms with van der Waals surface area (Å²) >= 11 is 0. The fraction of sp³-hybridized carbons (Fsp3) is 0.417. The number of nitrogens with zero attached hydrogens (tertiary/aromatic N) is 2. The average molecular weight is 410 g/mol. The highest BCUT2D eigenvalue weighted by molar-refractivity contribution is 6.04. The first-order valence-corrected chi connectivity index (χ1v) is 10.7. The van der Waals surface area contributed by atoms with E-state index in [1.807, 2.05) is 62.1 Å². The van der Waals surface area contributed by atoms with E-state index < -0.39 is 0 Å². The lowest BCUT2D eigenvalue weighted by Crippen LogP contribution is -2.49. The second-order valence-corrected chi connectivity index (χ2v) is 7.84. The van der Waals surface area contributed by atoms with Crippen molar-refractivity contribution in [1.29, 1.82) is 0 Å². The first kappa shape index (κ1) is 21.7. The van der Waals surface area contributed by atoms with E-state index >= 15 is 0 Å². The second-order valence-electron chi connectivity index (χ2n) is 7.84. The molecular formula is C24H31N3O3. The van der Waals surface area contributed by atoms with Gasteiger partial charge in [0.1, 0.15) is 5.75 Å². The Morgan fingerprint density at radius 1 is 1.03 bits per heavy atom. The zero-order valence-corrected chi connectivity index (χ0v) is 18.1. The van der Waals surface area contributed by atoms with Crippen LogP contribution >= 0.6 is 0 Å². The summed E-state index contributed by atoms with van der Waals surface area (Å²) < 4.78 is 5.60. The summed E-state index contributed by atoms with van der Waals surface area (Å²) in [6, 6.07) is 15.1. The molecule has 0 radical (unpaired) electrons. The molecule has 1 saturated heterocycles. The van der Waals surface area contributed by atoms with Crippen molar-refractivity contribution in [2.75, 3.05) is 43.0 Å². The van der Waals surface area contributed by atoms with Gasteiger partial charge in [0.15, 0.2) is 0 Å². The smallest absolute Gasteiger partial charge is 0.255 e. The number of anilines is 2. The Morgan fingerprint density at radius 3 is 2.37 bits per heavy atom. The van der Waals surface area contributed by atoms with Crippen LogP contribution < -0.4 is 15.0 Å². The van der Waals surface area contributed by atoms with Crippen LogP contribution in [0.4, 0.5) is 11.4 Å². The number of carbonyl (C=O) groups excluding carboxylic acids is 2. The van der Waals surface area contributed by atoms with Crippen molar-refractivity contribution in [1.82, 2.24) is 4.90 Å². The lowest BCUT2D eigenvalue weighted by Gasteiger charge is -2.37. The molecule has 1 aliphatic rings. The van der Waals surface area contributed by atoms with Crippen LogP contribution in [0.15, 0.2) is 48.5 Å². The van der Waals surface area contributed by atoms with Crippen molar-refractivity contribution in [2.24, 2.45) is 5.92 Å². The first-order valence-electron chi connectivity index (χ1n) is 10.7. The Morgan fingerprint density at radius 2 is 1.73 bits per heavy atom. The summed E-state index contributed by atoms with van der Waals surface area (Å²) in [5.74, 6) is 0.802. The summed E-state index contributed by atoms with van der Waals surface area (Å²) in [6.45, 7) is 9.67. The largest absolute Gasteiger partial charge is 0.494 e. The average Bonchev–Trinajstić information content (AvgIpc) is 2.78. The SMILES string of the molecule is CCCOc1cccc(C(=O)Nc2ccc(N3CCN(C(=O)C(C)C)CC3)cc2)c1. The minimum absolute atomic E-state index is 0.0401. The van der Waals surface area contributed by atoms with Gasteiger partial charge in [0, 0.05) is 49.0 Å². The van der Waals surface area contributed by atoms with Crippen LogP contribution in [0, 0.1) is 5.92 Å². The van der Waals surface area contributed by atoms with Crippen LogP contribution in [-0.2, 0) is 4.79 Å². The van der Waals surface area contributed by atoms with Gasteiger partial charge in [-0.25, -0.2) is 0 Å². The predicted octanol–water partition coefficient (Wildman–Crippen LogP) is 4.03. The molecule has 160 valence electrons. The van der Waals surface area contributed by atoms with E-state index in [1.54, 1.807) is 12.1 Å². The fourth-order valence-electron chi connectivity index (χ4n) is 3.46. The maximum atomic E-state index is 12.6. The van der Waals surface area contributed by atoms with Gasteiger partial charge < -0.3 is 19.9 Å². The van der Waals surface area contributed by atoms with Crippen molar-refractivity contribution in [3.63, 3.8) is 0 Å². The maximum Gasteiger partial charge on any atom is 0.255 e. The minimum Gasteiger partial charge on any atom is -0.494 e. The van der Waals surface area contributed by atoms with Crippen LogP contribution in [0.1, 0.15) is 37.6 Å². The van der Waals surface area contributed by atoms with E-state index in [0.717, 1.165) is 44.0 Å². The molecular weight excluding hydrogens is 378 g/mol. The van der Waals surface area contributed by atoms with Gasteiger partial charge in [0.05, 0.1) is 6.61 Å². The summed E-state index contributed by atoms with van der Waals surface area (Å²) in [4.78, 5) is 28.9. The Labute approximate surface area is 178 Å². The molecule has 0 spiro atoms. The normalized spacial score (nSPS) is 14.0. The number of hydrogen-bond acceptors (Lipinski definition) is 4. The van der Waals surface area contributed by atoms with Crippen molar-refractivity contribution in [3.8, 4) is 5.75 Å².